The molecule has 0 atom stereocenters. The lowest BCUT2D eigenvalue weighted by atomic mass is 10.1. The fourth-order valence-corrected chi connectivity index (χ4v) is 3.61. The summed E-state index contributed by atoms with van der Waals surface area (Å²) < 4.78 is 0. The van der Waals surface area contributed by atoms with Crippen LogP contribution in [0.3, 0.4) is 0 Å². The van der Waals surface area contributed by atoms with E-state index < -0.39 is 0 Å². The lowest BCUT2D eigenvalue weighted by Gasteiger charge is -2.32. The van der Waals surface area contributed by atoms with Crippen LogP contribution in [0.4, 0.5) is 0 Å². The molecule has 2 aliphatic heterocycles. The standard InChI is InChI=1S/C14H30N4OS/c1-16-7-5-14(6-8-16)20-15-17(2)11-12-18-9-3-13(19)4-10-18/h13-15,19H,3-12H2,1-2H3. The second kappa shape index (κ2) is 8.56. The van der Waals surface area contributed by atoms with Crippen molar-refractivity contribution in [1.82, 2.24) is 19.6 Å². The van der Waals surface area contributed by atoms with E-state index in [1.165, 1.54) is 25.9 Å². The quantitative estimate of drug-likeness (QED) is 0.554. The second-order valence-corrected chi connectivity index (χ2v) is 7.29. The Hall–Kier alpha value is 0.150. The average Bonchev–Trinajstić information content (AvgIpc) is 2.46. The van der Waals surface area contributed by atoms with Gasteiger partial charge in [-0.1, -0.05) is 11.9 Å². The van der Waals surface area contributed by atoms with Gasteiger partial charge in [0.1, 0.15) is 0 Å². The van der Waals surface area contributed by atoms with Crippen LogP contribution in [0.25, 0.3) is 0 Å². The van der Waals surface area contributed by atoms with Crippen molar-refractivity contribution in [2.75, 3.05) is 53.4 Å². The van der Waals surface area contributed by atoms with Crippen molar-refractivity contribution in [3.63, 3.8) is 0 Å². The van der Waals surface area contributed by atoms with Gasteiger partial charge in [0.25, 0.3) is 0 Å². The van der Waals surface area contributed by atoms with Crippen LogP contribution in [-0.2, 0) is 0 Å². The van der Waals surface area contributed by atoms with E-state index in [-0.39, 0.29) is 6.10 Å². The van der Waals surface area contributed by atoms with Gasteiger partial charge < -0.3 is 14.9 Å². The predicted octanol–water partition coefficient (Wildman–Crippen LogP) is 0.622. The third kappa shape index (κ3) is 5.87. The SMILES string of the molecule is CN1CCC(SNN(C)CCN2CCC(O)CC2)CC1. The molecule has 20 heavy (non-hydrogen) atoms. The number of nitrogens with one attached hydrogen (secondary N) is 1. The number of likely N-dealkylation sites (N-methyl/N-ethyl adjacent to an activating group) is 1. The molecule has 2 fully saturated rings. The number of aliphatic hydroxyl groups is 1. The Balaban J connectivity index is 1.53. The summed E-state index contributed by atoms with van der Waals surface area (Å²) in [7, 11) is 4.33. The summed E-state index contributed by atoms with van der Waals surface area (Å²) in [4.78, 5) is 8.33. The Bertz CT molecular complexity index is 240. The monoisotopic (exact) mass is 302 g/mol. The minimum Gasteiger partial charge on any atom is -0.393 e. The van der Waals surface area contributed by atoms with Crippen molar-refractivity contribution in [3.8, 4) is 0 Å². The normalized spacial score (nSPS) is 24.6. The first-order chi connectivity index (χ1) is 9.63. The number of aliphatic hydroxyl groups excluding tert-OH is 1. The topological polar surface area (TPSA) is 42.0 Å². The number of piperidine rings is 2. The summed E-state index contributed by atoms with van der Waals surface area (Å²) in [5, 5.41) is 12.4. The highest BCUT2D eigenvalue weighted by molar-refractivity contribution is 7.97. The summed E-state index contributed by atoms with van der Waals surface area (Å²) >= 11 is 1.89. The maximum atomic E-state index is 9.50. The largest absolute Gasteiger partial charge is 0.393 e. The van der Waals surface area contributed by atoms with E-state index in [2.05, 4.69) is 33.7 Å². The maximum Gasteiger partial charge on any atom is 0.0564 e. The van der Waals surface area contributed by atoms with E-state index in [0.717, 1.165) is 44.3 Å². The second-order valence-electron chi connectivity index (χ2n) is 6.21. The highest BCUT2D eigenvalue weighted by Crippen LogP contribution is 2.20. The molecule has 0 aromatic rings. The van der Waals surface area contributed by atoms with Crippen molar-refractivity contribution in [2.45, 2.75) is 37.0 Å². The molecule has 0 unspecified atom stereocenters. The van der Waals surface area contributed by atoms with E-state index >= 15 is 0 Å². The van der Waals surface area contributed by atoms with E-state index in [4.69, 9.17) is 0 Å². The molecule has 0 saturated carbocycles. The van der Waals surface area contributed by atoms with Gasteiger partial charge >= 0.3 is 0 Å². The van der Waals surface area contributed by atoms with E-state index in [0.29, 0.717) is 0 Å². The Morgan fingerprint density at radius 1 is 1.15 bits per heavy atom. The molecule has 2 saturated heterocycles. The van der Waals surface area contributed by atoms with Crippen molar-refractivity contribution >= 4 is 11.9 Å². The van der Waals surface area contributed by atoms with E-state index in [1.807, 2.05) is 11.9 Å². The van der Waals surface area contributed by atoms with Crippen molar-refractivity contribution in [3.05, 3.63) is 0 Å². The molecule has 0 aliphatic carbocycles. The van der Waals surface area contributed by atoms with Gasteiger partial charge in [-0.2, -0.15) is 4.83 Å². The average molecular weight is 302 g/mol. The maximum absolute atomic E-state index is 9.50. The Morgan fingerprint density at radius 2 is 1.80 bits per heavy atom. The van der Waals surface area contributed by atoms with Gasteiger partial charge in [0.15, 0.2) is 0 Å². The van der Waals surface area contributed by atoms with Crippen molar-refractivity contribution in [2.24, 2.45) is 0 Å². The summed E-state index contributed by atoms with van der Waals surface area (Å²) in [5.41, 5.74) is 0. The minimum absolute atomic E-state index is 0.0675. The van der Waals surface area contributed by atoms with Crippen LogP contribution in [0.2, 0.25) is 0 Å². The lowest BCUT2D eigenvalue weighted by Crippen LogP contribution is -2.43. The highest BCUT2D eigenvalue weighted by atomic mass is 32.2. The number of likely N-dealkylation sites (tertiary alicyclic amines) is 2. The summed E-state index contributed by atoms with van der Waals surface area (Å²) in [6.45, 7) is 6.65. The molecule has 0 aromatic carbocycles. The third-order valence-corrected chi connectivity index (χ3v) is 5.57. The van der Waals surface area contributed by atoms with Crippen LogP contribution >= 0.6 is 11.9 Å². The van der Waals surface area contributed by atoms with Gasteiger partial charge in [-0.15, -0.1) is 0 Å². The molecule has 2 rings (SSSR count). The summed E-state index contributed by atoms with van der Waals surface area (Å²) in [5.74, 6) is 0. The highest BCUT2D eigenvalue weighted by Gasteiger charge is 2.19. The molecule has 5 nitrogen and oxygen atoms in total. The molecule has 0 aromatic heterocycles. The van der Waals surface area contributed by atoms with Crippen LogP contribution in [0.5, 0.6) is 0 Å². The molecule has 2 heterocycles. The first-order valence-corrected chi connectivity index (χ1v) is 8.73. The van der Waals surface area contributed by atoms with Gasteiger partial charge in [0.2, 0.25) is 0 Å². The lowest BCUT2D eigenvalue weighted by molar-refractivity contribution is 0.0773. The van der Waals surface area contributed by atoms with Crippen LogP contribution in [-0.4, -0.2) is 84.6 Å². The number of nitrogens with zero attached hydrogens (tertiary/aromatic N) is 3. The molecule has 118 valence electrons. The summed E-state index contributed by atoms with van der Waals surface area (Å²) in [6.07, 6.45) is 4.36. The molecular formula is C14H30N4OS. The Morgan fingerprint density at radius 3 is 2.45 bits per heavy atom. The van der Waals surface area contributed by atoms with Gasteiger partial charge in [0, 0.05) is 38.5 Å². The van der Waals surface area contributed by atoms with Gasteiger partial charge in [0.05, 0.1) is 6.10 Å². The van der Waals surface area contributed by atoms with Crippen LogP contribution in [0.1, 0.15) is 25.7 Å². The Labute approximate surface area is 127 Å². The fraction of sp³-hybridized carbons (Fsp3) is 1.00. The Kier molecular flexibility index (Phi) is 7.07. The summed E-state index contributed by atoms with van der Waals surface area (Å²) in [6, 6.07) is 0. The zero-order valence-corrected chi connectivity index (χ0v) is 13.7. The number of hydrazine groups is 1. The molecule has 0 radical (unpaired) electrons. The molecule has 0 spiro atoms. The first-order valence-electron chi connectivity index (χ1n) is 7.85. The number of hydrogen-bond acceptors (Lipinski definition) is 6. The molecular weight excluding hydrogens is 272 g/mol. The zero-order chi connectivity index (χ0) is 14.4. The smallest absolute Gasteiger partial charge is 0.0564 e. The molecule has 2 aliphatic rings. The molecule has 0 amide bonds. The van der Waals surface area contributed by atoms with Crippen LogP contribution in [0.15, 0.2) is 0 Å². The molecule has 0 bridgehead atoms. The third-order valence-electron chi connectivity index (χ3n) is 4.35. The first kappa shape index (κ1) is 16.5. The van der Waals surface area contributed by atoms with Crippen LogP contribution < -0.4 is 4.83 Å². The number of rotatable bonds is 6. The van der Waals surface area contributed by atoms with Crippen molar-refractivity contribution in [1.29, 1.82) is 0 Å². The predicted molar refractivity (Wildman–Crippen MR) is 85.6 cm³/mol. The fourth-order valence-electron chi connectivity index (χ4n) is 2.75. The minimum atomic E-state index is -0.0675. The van der Waals surface area contributed by atoms with Crippen LogP contribution in [0, 0.1) is 0 Å². The molecule has 2 N–H and O–H groups in total. The van der Waals surface area contributed by atoms with Gasteiger partial charge in [-0.05, 0) is 45.8 Å². The van der Waals surface area contributed by atoms with E-state index in [1.54, 1.807) is 0 Å². The van der Waals surface area contributed by atoms with Crippen molar-refractivity contribution < 1.29 is 5.11 Å². The van der Waals surface area contributed by atoms with Gasteiger partial charge in [-0.25, -0.2) is 5.01 Å². The van der Waals surface area contributed by atoms with E-state index in [9.17, 15) is 5.11 Å². The molecule has 6 heteroatoms. The zero-order valence-electron chi connectivity index (χ0n) is 12.9. The number of hydrogen-bond donors (Lipinski definition) is 2. The van der Waals surface area contributed by atoms with Gasteiger partial charge in [-0.3, -0.25) is 0 Å².